The second kappa shape index (κ2) is 9.42. The Bertz CT molecular complexity index is 839. The minimum Gasteiger partial charge on any atom is -0.493 e. The molecule has 1 aliphatic rings. The molecule has 1 amide bonds. The number of methoxy groups -OCH3 is 2. The smallest absolute Gasteiger partial charge is 0.246 e. The molecule has 28 heavy (non-hydrogen) atoms. The monoisotopic (exact) mass is 381 g/mol. The Morgan fingerprint density at radius 1 is 1.07 bits per heavy atom. The van der Waals surface area contributed by atoms with Gasteiger partial charge in [-0.2, -0.15) is 0 Å². The number of benzene rings is 2. The van der Waals surface area contributed by atoms with E-state index < -0.39 is 0 Å². The van der Waals surface area contributed by atoms with Crippen LogP contribution in [0, 0.1) is 6.92 Å². The van der Waals surface area contributed by atoms with Crippen LogP contribution in [0.25, 0.3) is 6.08 Å². The molecule has 0 unspecified atom stereocenters. The lowest BCUT2D eigenvalue weighted by Crippen LogP contribution is -3.13. The van der Waals surface area contributed by atoms with Crippen LogP contribution in [-0.2, 0) is 11.3 Å². The summed E-state index contributed by atoms with van der Waals surface area (Å²) in [4.78, 5) is 16.0. The summed E-state index contributed by atoms with van der Waals surface area (Å²) in [6, 6.07) is 14.2. The molecule has 0 aliphatic carbocycles. The van der Waals surface area contributed by atoms with Crippen LogP contribution in [0.4, 0.5) is 0 Å². The van der Waals surface area contributed by atoms with Crippen LogP contribution in [0.5, 0.6) is 11.5 Å². The van der Waals surface area contributed by atoms with Gasteiger partial charge in [0.05, 0.1) is 40.4 Å². The Labute approximate surface area is 167 Å². The minimum absolute atomic E-state index is 0.0415. The van der Waals surface area contributed by atoms with E-state index in [9.17, 15) is 4.79 Å². The molecule has 1 aliphatic heterocycles. The molecule has 0 spiro atoms. The van der Waals surface area contributed by atoms with E-state index >= 15 is 0 Å². The molecule has 0 bridgehead atoms. The molecule has 1 fully saturated rings. The fraction of sp³-hybridized carbons (Fsp3) is 0.348. The Hall–Kier alpha value is -2.79. The summed E-state index contributed by atoms with van der Waals surface area (Å²) in [6.07, 6.45) is 3.43. The van der Waals surface area contributed by atoms with E-state index in [0.717, 1.165) is 38.3 Å². The molecule has 1 heterocycles. The van der Waals surface area contributed by atoms with Gasteiger partial charge < -0.3 is 19.3 Å². The summed E-state index contributed by atoms with van der Waals surface area (Å²) in [5.74, 6) is 1.34. The first-order chi connectivity index (χ1) is 13.6. The number of nitrogens with zero attached hydrogens (tertiary/aromatic N) is 1. The van der Waals surface area contributed by atoms with E-state index in [-0.39, 0.29) is 5.91 Å². The van der Waals surface area contributed by atoms with Crippen LogP contribution in [0.15, 0.2) is 48.5 Å². The topological polar surface area (TPSA) is 43.2 Å². The highest BCUT2D eigenvalue weighted by Gasteiger charge is 2.23. The normalized spacial score (nSPS) is 15.0. The van der Waals surface area contributed by atoms with Gasteiger partial charge >= 0.3 is 0 Å². The Kier molecular flexibility index (Phi) is 6.71. The minimum atomic E-state index is 0.0415. The maximum Gasteiger partial charge on any atom is 0.246 e. The number of hydrogen-bond donors (Lipinski definition) is 1. The first-order valence-electron chi connectivity index (χ1n) is 9.68. The molecular weight excluding hydrogens is 352 g/mol. The lowest BCUT2D eigenvalue weighted by Gasteiger charge is -2.32. The van der Waals surface area contributed by atoms with Gasteiger partial charge in [0.25, 0.3) is 0 Å². The van der Waals surface area contributed by atoms with Crippen molar-refractivity contribution >= 4 is 12.0 Å². The number of aryl methyl sites for hydroxylation is 1. The van der Waals surface area contributed by atoms with Crippen LogP contribution >= 0.6 is 0 Å². The number of amides is 1. The summed E-state index contributed by atoms with van der Waals surface area (Å²) in [5, 5.41) is 0. The van der Waals surface area contributed by atoms with Crippen molar-refractivity contribution in [1.82, 2.24) is 4.90 Å². The van der Waals surface area contributed by atoms with Gasteiger partial charge in [-0.15, -0.1) is 0 Å². The molecule has 1 saturated heterocycles. The molecule has 148 valence electrons. The van der Waals surface area contributed by atoms with Crippen molar-refractivity contribution < 1.29 is 19.2 Å². The van der Waals surface area contributed by atoms with Crippen molar-refractivity contribution in [2.75, 3.05) is 40.4 Å². The molecule has 3 rings (SSSR count). The van der Waals surface area contributed by atoms with Crippen LogP contribution in [0.1, 0.15) is 16.7 Å². The number of rotatable bonds is 6. The van der Waals surface area contributed by atoms with Crippen molar-refractivity contribution in [3.63, 3.8) is 0 Å². The molecule has 5 heteroatoms. The molecule has 2 aromatic carbocycles. The third-order valence-corrected chi connectivity index (χ3v) is 5.32. The fourth-order valence-electron chi connectivity index (χ4n) is 3.61. The van der Waals surface area contributed by atoms with E-state index in [4.69, 9.17) is 9.47 Å². The maximum atomic E-state index is 12.6. The second-order valence-electron chi connectivity index (χ2n) is 7.09. The number of piperazine rings is 1. The summed E-state index contributed by atoms with van der Waals surface area (Å²) < 4.78 is 10.7. The van der Waals surface area contributed by atoms with E-state index in [1.807, 2.05) is 23.1 Å². The summed E-state index contributed by atoms with van der Waals surface area (Å²) in [6.45, 7) is 6.67. The van der Waals surface area contributed by atoms with Gasteiger partial charge in [0.1, 0.15) is 6.54 Å². The maximum absolute atomic E-state index is 12.6. The average molecular weight is 381 g/mol. The number of carbonyl (C=O) groups excluding carboxylic acids is 1. The van der Waals surface area contributed by atoms with Crippen LogP contribution < -0.4 is 14.4 Å². The van der Waals surface area contributed by atoms with Crippen LogP contribution in [0.2, 0.25) is 0 Å². The first-order valence-corrected chi connectivity index (χ1v) is 9.68. The van der Waals surface area contributed by atoms with Gasteiger partial charge in [-0.3, -0.25) is 4.79 Å². The van der Waals surface area contributed by atoms with Crippen molar-refractivity contribution in [2.24, 2.45) is 0 Å². The van der Waals surface area contributed by atoms with Crippen molar-refractivity contribution in [3.05, 3.63) is 65.2 Å². The van der Waals surface area contributed by atoms with E-state index in [0.29, 0.717) is 11.5 Å². The number of carbonyl (C=O) groups is 1. The Balaban J connectivity index is 1.57. The van der Waals surface area contributed by atoms with Crippen molar-refractivity contribution in [1.29, 1.82) is 0 Å². The van der Waals surface area contributed by atoms with Crippen LogP contribution in [0.3, 0.4) is 0 Å². The molecule has 2 aromatic rings. The molecule has 0 radical (unpaired) electrons. The third-order valence-electron chi connectivity index (χ3n) is 5.32. The largest absolute Gasteiger partial charge is 0.493 e. The zero-order chi connectivity index (χ0) is 19.9. The van der Waals surface area contributed by atoms with E-state index in [2.05, 4.69) is 31.2 Å². The zero-order valence-corrected chi connectivity index (χ0v) is 16.9. The molecule has 5 nitrogen and oxygen atoms in total. The number of nitrogens with one attached hydrogen (secondary N) is 1. The highest BCUT2D eigenvalue weighted by atomic mass is 16.5. The van der Waals surface area contributed by atoms with Crippen LogP contribution in [-0.4, -0.2) is 51.2 Å². The van der Waals surface area contributed by atoms with Gasteiger partial charge in [-0.1, -0.05) is 36.4 Å². The van der Waals surface area contributed by atoms with E-state index in [1.54, 1.807) is 26.4 Å². The lowest BCUT2D eigenvalue weighted by molar-refractivity contribution is -0.917. The van der Waals surface area contributed by atoms with Crippen molar-refractivity contribution in [2.45, 2.75) is 13.5 Å². The predicted molar refractivity (Wildman–Crippen MR) is 111 cm³/mol. The van der Waals surface area contributed by atoms with Gasteiger partial charge in [0.2, 0.25) is 5.91 Å². The SMILES string of the molecule is COc1cccc(/C=C/C(=O)N2CC[NH+](Cc3ccccc3C)CC2)c1OC. The number of quaternary nitrogens is 1. The molecule has 0 saturated carbocycles. The van der Waals surface area contributed by atoms with Gasteiger partial charge in [0.15, 0.2) is 11.5 Å². The lowest BCUT2D eigenvalue weighted by atomic mass is 10.1. The quantitative estimate of drug-likeness (QED) is 0.778. The van der Waals surface area contributed by atoms with Gasteiger partial charge in [-0.05, 0) is 24.6 Å². The number of para-hydroxylation sites is 1. The fourth-order valence-corrected chi connectivity index (χ4v) is 3.61. The molecule has 0 aromatic heterocycles. The molecule has 0 atom stereocenters. The van der Waals surface area contributed by atoms with E-state index in [1.165, 1.54) is 16.0 Å². The number of hydrogen-bond acceptors (Lipinski definition) is 3. The third kappa shape index (κ3) is 4.73. The average Bonchev–Trinajstić information content (AvgIpc) is 2.73. The van der Waals surface area contributed by atoms with Gasteiger partial charge in [-0.25, -0.2) is 0 Å². The zero-order valence-electron chi connectivity index (χ0n) is 16.9. The first kappa shape index (κ1) is 20.0. The Morgan fingerprint density at radius 3 is 2.50 bits per heavy atom. The Morgan fingerprint density at radius 2 is 1.82 bits per heavy atom. The summed E-state index contributed by atoms with van der Waals surface area (Å²) in [5.41, 5.74) is 3.56. The predicted octanol–water partition coefficient (Wildman–Crippen LogP) is 1.95. The molecular formula is C23H29N2O3+. The second-order valence-corrected chi connectivity index (χ2v) is 7.09. The van der Waals surface area contributed by atoms with Crippen molar-refractivity contribution in [3.8, 4) is 11.5 Å². The summed E-state index contributed by atoms with van der Waals surface area (Å²) in [7, 11) is 3.21. The summed E-state index contributed by atoms with van der Waals surface area (Å²) >= 11 is 0. The number of ether oxygens (including phenoxy) is 2. The standard InChI is InChI=1S/C23H28N2O3/c1-18-7-4-5-8-20(18)17-24-13-15-25(16-14-24)22(26)12-11-19-9-6-10-21(27-2)23(19)28-3/h4-12H,13-17H2,1-3H3/p+1/b12-11+. The highest BCUT2D eigenvalue weighted by molar-refractivity contribution is 5.92. The molecule has 1 N–H and O–H groups in total. The van der Waals surface area contributed by atoms with Gasteiger partial charge in [0, 0.05) is 17.2 Å². The highest BCUT2D eigenvalue weighted by Crippen LogP contribution is 2.31.